The number of fused-ring (bicyclic) bond motifs is 1. The second-order valence-electron chi connectivity index (χ2n) is 5.79. The van der Waals surface area contributed by atoms with E-state index >= 15 is 0 Å². The Labute approximate surface area is 155 Å². The van der Waals surface area contributed by atoms with E-state index in [1.165, 1.54) is 0 Å². The summed E-state index contributed by atoms with van der Waals surface area (Å²) in [4.78, 5) is 11.5. The Bertz CT molecular complexity index is 850. The van der Waals surface area contributed by atoms with Crippen LogP contribution in [-0.4, -0.2) is 42.1 Å². The smallest absolute Gasteiger partial charge is 0.162 e. The maximum Gasteiger partial charge on any atom is 0.162 e. The van der Waals surface area contributed by atoms with Crippen LogP contribution in [0, 0.1) is 0 Å². The second-order valence-corrected chi connectivity index (χ2v) is 7.15. The van der Waals surface area contributed by atoms with Crippen LogP contribution in [0.1, 0.15) is 0 Å². The summed E-state index contributed by atoms with van der Waals surface area (Å²) in [6, 6.07) is 13.7. The van der Waals surface area contributed by atoms with E-state index in [9.17, 15) is 0 Å². The summed E-state index contributed by atoms with van der Waals surface area (Å²) in [7, 11) is 4.09. The van der Waals surface area contributed by atoms with Gasteiger partial charge in [-0.25, -0.2) is 9.97 Å². The molecule has 0 fully saturated rings. The van der Waals surface area contributed by atoms with Gasteiger partial charge in [-0.05, 0) is 44.4 Å². The highest BCUT2D eigenvalue weighted by atomic mass is 79.9. The molecule has 0 radical (unpaired) electrons. The maximum absolute atomic E-state index is 6.15. The lowest BCUT2D eigenvalue weighted by atomic mass is 10.2. The highest BCUT2D eigenvalue weighted by Crippen LogP contribution is 2.27. The minimum atomic E-state index is 0.679. The topological polar surface area (TPSA) is 41.0 Å². The fourth-order valence-corrected chi connectivity index (χ4v) is 2.80. The third-order valence-corrected chi connectivity index (χ3v) is 4.38. The van der Waals surface area contributed by atoms with Gasteiger partial charge in [-0.2, -0.15) is 0 Å². The van der Waals surface area contributed by atoms with Crippen LogP contribution in [0.4, 0.5) is 5.82 Å². The highest BCUT2D eigenvalue weighted by Gasteiger charge is 2.10. The van der Waals surface area contributed by atoms with Crippen molar-refractivity contribution in [2.24, 2.45) is 0 Å². The molecule has 124 valence electrons. The van der Waals surface area contributed by atoms with E-state index in [2.05, 4.69) is 31.1 Å². The first-order valence-corrected chi connectivity index (χ1v) is 8.82. The zero-order chi connectivity index (χ0) is 17.1. The number of likely N-dealkylation sites (N-methyl/N-ethyl adjacent to an activating group) is 1. The summed E-state index contributed by atoms with van der Waals surface area (Å²) >= 11 is 9.61. The Morgan fingerprint density at radius 3 is 2.54 bits per heavy atom. The van der Waals surface area contributed by atoms with E-state index in [0.29, 0.717) is 10.8 Å². The Morgan fingerprint density at radius 2 is 1.83 bits per heavy atom. The molecule has 2 aromatic carbocycles. The minimum Gasteiger partial charge on any atom is -0.368 e. The van der Waals surface area contributed by atoms with Gasteiger partial charge in [-0.1, -0.05) is 39.7 Å². The van der Waals surface area contributed by atoms with E-state index in [4.69, 9.17) is 16.6 Å². The normalized spacial score (nSPS) is 11.2. The van der Waals surface area contributed by atoms with E-state index in [1.807, 2.05) is 56.6 Å². The molecule has 0 saturated heterocycles. The van der Waals surface area contributed by atoms with E-state index in [0.717, 1.165) is 39.8 Å². The molecule has 1 aromatic heterocycles. The lowest BCUT2D eigenvalue weighted by Crippen LogP contribution is -2.21. The van der Waals surface area contributed by atoms with Crippen molar-refractivity contribution < 1.29 is 0 Å². The molecule has 4 nitrogen and oxygen atoms in total. The Morgan fingerprint density at radius 1 is 1.08 bits per heavy atom. The van der Waals surface area contributed by atoms with Crippen molar-refractivity contribution in [3.05, 3.63) is 52.0 Å². The quantitative estimate of drug-likeness (QED) is 0.669. The Kier molecular flexibility index (Phi) is 5.33. The van der Waals surface area contributed by atoms with Crippen LogP contribution < -0.4 is 5.32 Å². The molecule has 6 heteroatoms. The molecule has 3 aromatic rings. The SMILES string of the molecule is CN(C)CCNc1nc(-c2ccc(Br)cc2)nc2ccc(Cl)cc12. The zero-order valence-electron chi connectivity index (χ0n) is 13.6. The van der Waals surface area contributed by atoms with Gasteiger partial charge in [0.2, 0.25) is 0 Å². The second kappa shape index (κ2) is 7.47. The number of nitrogens with zero attached hydrogens (tertiary/aromatic N) is 3. The third-order valence-electron chi connectivity index (χ3n) is 3.61. The number of hydrogen-bond donors (Lipinski definition) is 1. The fourth-order valence-electron chi connectivity index (χ4n) is 2.36. The van der Waals surface area contributed by atoms with Crippen LogP contribution in [0.25, 0.3) is 22.3 Å². The number of nitrogens with one attached hydrogen (secondary N) is 1. The molecule has 0 unspecified atom stereocenters. The van der Waals surface area contributed by atoms with Gasteiger partial charge in [0.25, 0.3) is 0 Å². The monoisotopic (exact) mass is 404 g/mol. The number of rotatable bonds is 5. The molecule has 0 saturated carbocycles. The van der Waals surface area contributed by atoms with Gasteiger partial charge in [0.1, 0.15) is 5.82 Å². The van der Waals surface area contributed by atoms with Crippen molar-refractivity contribution >= 4 is 44.3 Å². The first-order chi connectivity index (χ1) is 11.5. The van der Waals surface area contributed by atoms with Crippen molar-refractivity contribution in [1.82, 2.24) is 14.9 Å². The van der Waals surface area contributed by atoms with Gasteiger partial charge in [0, 0.05) is 33.5 Å². The van der Waals surface area contributed by atoms with Gasteiger partial charge in [0.15, 0.2) is 5.82 Å². The largest absolute Gasteiger partial charge is 0.368 e. The van der Waals surface area contributed by atoms with Crippen LogP contribution in [0.3, 0.4) is 0 Å². The highest BCUT2D eigenvalue weighted by molar-refractivity contribution is 9.10. The fraction of sp³-hybridized carbons (Fsp3) is 0.222. The lowest BCUT2D eigenvalue weighted by molar-refractivity contribution is 0.425. The van der Waals surface area contributed by atoms with Crippen LogP contribution >= 0.6 is 27.5 Å². The number of hydrogen-bond acceptors (Lipinski definition) is 4. The molecule has 0 spiro atoms. The maximum atomic E-state index is 6.15. The number of halogens is 2. The Balaban J connectivity index is 2.04. The molecule has 0 aliphatic heterocycles. The Hall–Kier alpha value is -1.69. The zero-order valence-corrected chi connectivity index (χ0v) is 15.9. The number of anilines is 1. The average molecular weight is 406 g/mol. The van der Waals surface area contributed by atoms with E-state index in [1.54, 1.807) is 0 Å². The molecule has 1 heterocycles. The van der Waals surface area contributed by atoms with Gasteiger partial charge in [0.05, 0.1) is 5.52 Å². The summed E-state index contributed by atoms with van der Waals surface area (Å²) in [6.07, 6.45) is 0. The molecular formula is C18H18BrClN4. The predicted molar refractivity (Wildman–Crippen MR) is 105 cm³/mol. The van der Waals surface area contributed by atoms with Crippen LogP contribution in [0.2, 0.25) is 5.02 Å². The summed E-state index contributed by atoms with van der Waals surface area (Å²) in [5, 5.41) is 5.02. The molecule has 0 atom stereocenters. The van der Waals surface area contributed by atoms with Crippen molar-refractivity contribution in [3.8, 4) is 11.4 Å². The van der Waals surface area contributed by atoms with Crippen molar-refractivity contribution in [3.63, 3.8) is 0 Å². The van der Waals surface area contributed by atoms with Crippen molar-refractivity contribution in [2.45, 2.75) is 0 Å². The first kappa shape index (κ1) is 17.1. The molecular weight excluding hydrogens is 388 g/mol. The standard InChI is InChI=1S/C18H18BrClN4/c1-24(2)10-9-21-18-15-11-14(20)7-8-16(15)22-17(23-18)12-3-5-13(19)6-4-12/h3-8,11H,9-10H2,1-2H3,(H,21,22,23). The predicted octanol–water partition coefficient (Wildman–Crippen LogP) is 4.69. The minimum absolute atomic E-state index is 0.679. The summed E-state index contributed by atoms with van der Waals surface area (Å²) < 4.78 is 1.03. The van der Waals surface area contributed by atoms with E-state index < -0.39 is 0 Å². The first-order valence-electron chi connectivity index (χ1n) is 7.65. The number of benzene rings is 2. The summed E-state index contributed by atoms with van der Waals surface area (Å²) in [5.74, 6) is 1.51. The number of aromatic nitrogens is 2. The molecule has 24 heavy (non-hydrogen) atoms. The van der Waals surface area contributed by atoms with Crippen molar-refractivity contribution in [1.29, 1.82) is 0 Å². The van der Waals surface area contributed by atoms with Gasteiger partial charge in [-0.3, -0.25) is 0 Å². The van der Waals surface area contributed by atoms with Crippen LogP contribution in [-0.2, 0) is 0 Å². The molecule has 1 N–H and O–H groups in total. The van der Waals surface area contributed by atoms with E-state index in [-0.39, 0.29) is 0 Å². The lowest BCUT2D eigenvalue weighted by Gasteiger charge is -2.14. The third kappa shape index (κ3) is 4.04. The van der Waals surface area contributed by atoms with Gasteiger partial charge < -0.3 is 10.2 Å². The average Bonchev–Trinajstić information content (AvgIpc) is 2.55. The van der Waals surface area contributed by atoms with Crippen LogP contribution in [0.5, 0.6) is 0 Å². The van der Waals surface area contributed by atoms with Gasteiger partial charge >= 0.3 is 0 Å². The molecule has 3 rings (SSSR count). The van der Waals surface area contributed by atoms with Gasteiger partial charge in [-0.15, -0.1) is 0 Å². The van der Waals surface area contributed by atoms with Crippen molar-refractivity contribution in [2.75, 3.05) is 32.5 Å². The molecule has 0 amide bonds. The van der Waals surface area contributed by atoms with Crippen LogP contribution in [0.15, 0.2) is 46.9 Å². The summed E-state index contributed by atoms with van der Waals surface area (Å²) in [6.45, 7) is 1.71. The molecule has 0 aliphatic rings. The molecule has 0 aliphatic carbocycles. The molecule has 0 bridgehead atoms. The summed E-state index contributed by atoms with van der Waals surface area (Å²) in [5.41, 5.74) is 1.85.